The molecule has 1 heterocycles. The van der Waals surface area contributed by atoms with Crippen molar-refractivity contribution in [2.24, 2.45) is 0 Å². The molecule has 1 saturated carbocycles. The second-order valence-corrected chi connectivity index (χ2v) is 5.79. The fraction of sp³-hybridized carbons (Fsp3) is 0.562. The Hall–Kier alpha value is -1.02. The number of alkyl halides is 1. The Kier molecular flexibility index (Phi) is 4.07. The zero-order valence-corrected chi connectivity index (χ0v) is 12.1. The quantitative estimate of drug-likeness (QED) is 0.701. The van der Waals surface area contributed by atoms with E-state index in [0.29, 0.717) is 11.9 Å². The van der Waals surface area contributed by atoms with Crippen LogP contribution in [0.15, 0.2) is 24.3 Å². The van der Waals surface area contributed by atoms with Crippen molar-refractivity contribution in [3.8, 4) is 0 Å². The SMILES string of the molecule is ClCc1nc2ccccc2n1C1CCCCCCC1. The van der Waals surface area contributed by atoms with Crippen LogP contribution in [0.25, 0.3) is 11.0 Å². The van der Waals surface area contributed by atoms with Gasteiger partial charge in [-0.05, 0) is 25.0 Å². The molecule has 1 fully saturated rings. The highest BCUT2D eigenvalue weighted by atomic mass is 35.5. The fourth-order valence-corrected chi connectivity index (χ4v) is 3.48. The lowest BCUT2D eigenvalue weighted by Crippen LogP contribution is -2.13. The summed E-state index contributed by atoms with van der Waals surface area (Å²) in [5.74, 6) is 1.54. The summed E-state index contributed by atoms with van der Waals surface area (Å²) >= 11 is 6.11. The van der Waals surface area contributed by atoms with E-state index in [-0.39, 0.29) is 0 Å². The summed E-state index contributed by atoms with van der Waals surface area (Å²) in [4.78, 5) is 4.69. The highest BCUT2D eigenvalue weighted by Gasteiger charge is 2.19. The van der Waals surface area contributed by atoms with Crippen molar-refractivity contribution in [3.63, 3.8) is 0 Å². The molecule has 0 unspecified atom stereocenters. The molecule has 0 atom stereocenters. The first-order chi connectivity index (χ1) is 9.40. The van der Waals surface area contributed by atoms with E-state index in [4.69, 9.17) is 16.6 Å². The summed E-state index contributed by atoms with van der Waals surface area (Å²) in [7, 11) is 0. The minimum absolute atomic E-state index is 0.505. The van der Waals surface area contributed by atoms with Gasteiger partial charge in [-0.25, -0.2) is 4.98 Å². The van der Waals surface area contributed by atoms with E-state index in [0.717, 1.165) is 11.3 Å². The highest BCUT2D eigenvalue weighted by Crippen LogP contribution is 2.31. The van der Waals surface area contributed by atoms with Gasteiger partial charge < -0.3 is 4.57 Å². The van der Waals surface area contributed by atoms with E-state index in [1.807, 2.05) is 0 Å². The molecule has 102 valence electrons. The minimum Gasteiger partial charge on any atom is -0.324 e. The summed E-state index contributed by atoms with van der Waals surface area (Å²) in [5.41, 5.74) is 2.34. The topological polar surface area (TPSA) is 17.8 Å². The molecule has 1 aliphatic carbocycles. The van der Waals surface area contributed by atoms with Crippen LogP contribution in [-0.2, 0) is 5.88 Å². The normalized spacial score (nSPS) is 18.4. The molecular weight excluding hydrogens is 256 g/mol. The zero-order valence-electron chi connectivity index (χ0n) is 11.3. The third-order valence-corrected chi connectivity index (χ3v) is 4.47. The fourth-order valence-electron chi connectivity index (χ4n) is 3.29. The van der Waals surface area contributed by atoms with Gasteiger partial charge in [0.25, 0.3) is 0 Å². The molecule has 0 aliphatic heterocycles. The number of hydrogen-bond donors (Lipinski definition) is 0. The minimum atomic E-state index is 0.505. The van der Waals surface area contributed by atoms with Crippen molar-refractivity contribution in [1.82, 2.24) is 9.55 Å². The molecule has 2 aromatic rings. The number of hydrogen-bond acceptors (Lipinski definition) is 1. The van der Waals surface area contributed by atoms with Gasteiger partial charge in [0.2, 0.25) is 0 Å². The maximum atomic E-state index is 6.11. The molecule has 0 bridgehead atoms. The van der Waals surface area contributed by atoms with Crippen LogP contribution in [0.1, 0.15) is 56.8 Å². The molecule has 0 spiro atoms. The van der Waals surface area contributed by atoms with Gasteiger partial charge in [-0.15, -0.1) is 11.6 Å². The molecule has 19 heavy (non-hydrogen) atoms. The van der Waals surface area contributed by atoms with Crippen LogP contribution in [0.5, 0.6) is 0 Å². The molecule has 0 saturated heterocycles. The number of fused-ring (bicyclic) bond motifs is 1. The van der Waals surface area contributed by atoms with Gasteiger partial charge in [0, 0.05) is 6.04 Å². The second-order valence-electron chi connectivity index (χ2n) is 5.52. The van der Waals surface area contributed by atoms with Gasteiger partial charge in [0.15, 0.2) is 0 Å². The monoisotopic (exact) mass is 276 g/mol. The first-order valence-electron chi connectivity index (χ1n) is 7.42. The van der Waals surface area contributed by atoms with Crippen LogP contribution in [0, 0.1) is 0 Å². The van der Waals surface area contributed by atoms with Gasteiger partial charge in [-0.1, -0.05) is 44.2 Å². The second kappa shape index (κ2) is 5.96. The molecule has 2 nitrogen and oxygen atoms in total. The number of benzene rings is 1. The van der Waals surface area contributed by atoms with E-state index in [2.05, 4.69) is 28.8 Å². The van der Waals surface area contributed by atoms with Crippen LogP contribution >= 0.6 is 11.6 Å². The molecule has 3 heteroatoms. The van der Waals surface area contributed by atoms with E-state index in [1.165, 1.54) is 50.5 Å². The molecule has 1 aromatic carbocycles. The average molecular weight is 277 g/mol. The van der Waals surface area contributed by atoms with Crippen molar-refractivity contribution >= 4 is 22.6 Å². The molecule has 0 amide bonds. The number of nitrogens with zero attached hydrogens (tertiary/aromatic N) is 2. The summed E-state index contributed by atoms with van der Waals surface area (Å²) < 4.78 is 2.41. The maximum Gasteiger partial charge on any atom is 0.125 e. The average Bonchev–Trinajstić information content (AvgIpc) is 2.77. The first-order valence-corrected chi connectivity index (χ1v) is 7.95. The number of halogens is 1. The maximum absolute atomic E-state index is 6.11. The Morgan fingerprint density at radius 2 is 1.74 bits per heavy atom. The Balaban J connectivity index is 2.01. The Labute approximate surface area is 119 Å². The van der Waals surface area contributed by atoms with Crippen molar-refractivity contribution in [3.05, 3.63) is 30.1 Å². The Bertz CT molecular complexity index is 539. The molecule has 0 N–H and O–H groups in total. The highest BCUT2D eigenvalue weighted by molar-refractivity contribution is 6.16. The number of aromatic nitrogens is 2. The van der Waals surface area contributed by atoms with E-state index < -0.39 is 0 Å². The lowest BCUT2D eigenvalue weighted by molar-refractivity contribution is 0.373. The van der Waals surface area contributed by atoms with E-state index in [1.54, 1.807) is 0 Å². The Morgan fingerprint density at radius 1 is 1.05 bits per heavy atom. The van der Waals surface area contributed by atoms with Crippen LogP contribution in [-0.4, -0.2) is 9.55 Å². The number of para-hydroxylation sites is 2. The largest absolute Gasteiger partial charge is 0.324 e. The summed E-state index contributed by atoms with van der Waals surface area (Å²) in [6, 6.07) is 9.00. The molecule has 0 radical (unpaired) electrons. The van der Waals surface area contributed by atoms with Crippen molar-refractivity contribution < 1.29 is 0 Å². The molecular formula is C16H21ClN2. The van der Waals surface area contributed by atoms with Crippen LogP contribution < -0.4 is 0 Å². The molecule has 3 rings (SSSR count). The van der Waals surface area contributed by atoms with Crippen molar-refractivity contribution in [2.45, 2.75) is 56.9 Å². The van der Waals surface area contributed by atoms with Gasteiger partial charge in [-0.2, -0.15) is 0 Å². The van der Waals surface area contributed by atoms with Crippen LogP contribution in [0.2, 0.25) is 0 Å². The number of rotatable bonds is 2. The van der Waals surface area contributed by atoms with Crippen LogP contribution in [0.3, 0.4) is 0 Å². The molecule has 1 aromatic heterocycles. The standard InChI is InChI=1S/C16H21ClN2/c17-12-16-18-14-10-6-7-11-15(14)19(16)13-8-4-2-1-3-5-9-13/h6-7,10-11,13H,1-5,8-9,12H2. The summed E-state index contributed by atoms with van der Waals surface area (Å²) in [5, 5.41) is 0. The zero-order chi connectivity index (χ0) is 13.1. The lowest BCUT2D eigenvalue weighted by Gasteiger charge is -2.23. The van der Waals surface area contributed by atoms with Gasteiger partial charge in [-0.3, -0.25) is 0 Å². The predicted octanol–water partition coefficient (Wildman–Crippen LogP) is 5.06. The lowest BCUT2D eigenvalue weighted by atomic mass is 9.96. The summed E-state index contributed by atoms with van der Waals surface area (Å²) in [6.07, 6.45) is 9.35. The van der Waals surface area contributed by atoms with Gasteiger partial charge in [0.1, 0.15) is 5.82 Å². The Morgan fingerprint density at radius 3 is 2.47 bits per heavy atom. The third kappa shape index (κ3) is 2.64. The number of imidazole rings is 1. The third-order valence-electron chi connectivity index (χ3n) is 4.23. The van der Waals surface area contributed by atoms with Crippen LogP contribution in [0.4, 0.5) is 0 Å². The predicted molar refractivity (Wildman–Crippen MR) is 80.6 cm³/mol. The first kappa shape index (κ1) is 13.0. The van der Waals surface area contributed by atoms with E-state index in [9.17, 15) is 0 Å². The summed E-state index contributed by atoms with van der Waals surface area (Å²) in [6.45, 7) is 0. The van der Waals surface area contributed by atoms with E-state index >= 15 is 0 Å². The van der Waals surface area contributed by atoms with Crippen molar-refractivity contribution in [2.75, 3.05) is 0 Å². The molecule has 1 aliphatic rings. The van der Waals surface area contributed by atoms with Gasteiger partial charge >= 0.3 is 0 Å². The smallest absolute Gasteiger partial charge is 0.125 e. The van der Waals surface area contributed by atoms with Gasteiger partial charge in [0.05, 0.1) is 16.9 Å². The van der Waals surface area contributed by atoms with Crippen molar-refractivity contribution in [1.29, 1.82) is 0 Å².